The van der Waals surface area contributed by atoms with E-state index in [0.29, 0.717) is 31.4 Å². The van der Waals surface area contributed by atoms with Gasteiger partial charge in [0, 0.05) is 13.0 Å². The maximum absolute atomic E-state index is 14.1. The van der Waals surface area contributed by atoms with Crippen LogP contribution in [0.1, 0.15) is 91.5 Å². The zero-order valence-electron chi connectivity index (χ0n) is 40.9. The normalized spacial score (nSPS) is 16.8. The highest BCUT2D eigenvalue weighted by atomic mass is 32.2. The second-order valence-electron chi connectivity index (χ2n) is 18.1. The number of hydrogen-bond donors (Lipinski definition) is 12. The Hall–Kier alpha value is -5.85. The van der Waals surface area contributed by atoms with Gasteiger partial charge < -0.3 is 68.9 Å². The number of aliphatic hydroxyl groups excluding tert-OH is 1. The summed E-state index contributed by atoms with van der Waals surface area (Å²) in [5.41, 5.74) is 12.5. The molecule has 0 aromatic heterocycles. The SMILES string of the molecule is CSCC[C@H](N)C(=O)N[C@@H](Cc1ccccc1)C(=O)N1CCC[C@H]1C(=O)N[C@@H](CC(=O)O)C(=O)NCC(=O)N[C@H](C(=O)N[C@@H](CCCCN)C(=O)N[C@@H](CC(C)C)C(=O)N[C@H](C(=O)O)C(C)C)[C@@H](C)O. The average molecular weight is 1010 g/mol. The maximum atomic E-state index is 14.1. The quantitative estimate of drug-likeness (QED) is 0.0362. The van der Waals surface area contributed by atoms with Gasteiger partial charge in [-0.25, -0.2) is 4.79 Å². The lowest BCUT2D eigenvalue weighted by Gasteiger charge is -2.30. The Morgan fingerprint density at radius 2 is 1.37 bits per heavy atom. The molecular weight excluding hydrogens is 933 g/mol. The molecule has 392 valence electrons. The number of carboxylic acid groups (broad SMARTS) is 2. The van der Waals surface area contributed by atoms with Crippen LogP contribution >= 0.6 is 11.8 Å². The van der Waals surface area contributed by atoms with Crippen LogP contribution in [-0.2, 0) is 54.4 Å². The summed E-state index contributed by atoms with van der Waals surface area (Å²) in [6.45, 7) is 7.48. The molecule has 0 radical (unpaired) electrons. The first-order chi connectivity index (χ1) is 33.0. The van der Waals surface area contributed by atoms with Crippen molar-refractivity contribution in [2.45, 2.75) is 147 Å². The number of aliphatic hydroxyl groups is 1. The molecule has 24 heteroatoms. The number of thioether (sulfide) groups is 1. The lowest BCUT2D eigenvalue weighted by molar-refractivity contribution is -0.144. The summed E-state index contributed by atoms with van der Waals surface area (Å²) in [6.07, 6.45) is 1.26. The molecule has 0 spiro atoms. The Bertz CT molecular complexity index is 1940. The van der Waals surface area contributed by atoms with Gasteiger partial charge in [-0.1, -0.05) is 58.0 Å². The van der Waals surface area contributed by atoms with E-state index in [9.17, 15) is 63.3 Å². The zero-order chi connectivity index (χ0) is 52.7. The van der Waals surface area contributed by atoms with Crippen LogP contribution < -0.4 is 48.7 Å². The molecule has 1 aliphatic rings. The second kappa shape index (κ2) is 30.7. The van der Waals surface area contributed by atoms with Gasteiger partial charge in [0.1, 0.15) is 42.3 Å². The molecule has 1 fully saturated rings. The Labute approximate surface area is 412 Å². The number of nitrogens with zero attached hydrogens (tertiary/aromatic N) is 1. The molecule has 23 nitrogen and oxygen atoms in total. The van der Waals surface area contributed by atoms with E-state index in [1.165, 1.54) is 23.6 Å². The van der Waals surface area contributed by atoms with E-state index >= 15 is 0 Å². The second-order valence-corrected chi connectivity index (χ2v) is 19.1. The molecule has 9 atom stereocenters. The Morgan fingerprint density at radius 1 is 0.743 bits per heavy atom. The Balaban J connectivity index is 2.20. The third kappa shape index (κ3) is 20.6. The number of amides is 8. The number of unbranched alkanes of at least 4 members (excludes halogenated alkanes) is 1. The smallest absolute Gasteiger partial charge is 0.326 e. The topological polar surface area (TPSA) is 371 Å². The van der Waals surface area contributed by atoms with Crippen molar-refractivity contribution >= 4 is 71.0 Å². The minimum absolute atomic E-state index is 0.0204. The molecule has 0 aliphatic carbocycles. The number of likely N-dealkylation sites (tertiary alicyclic amines) is 1. The van der Waals surface area contributed by atoms with Crippen LogP contribution in [0.3, 0.4) is 0 Å². The fourth-order valence-corrected chi connectivity index (χ4v) is 8.04. The summed E-state index contributed by atoms with van der Waals surface area (Å²) in [5, 5.41) is 47.0. The van der Waals surface area contributed by atoms with Crippen LogP contribution in [0.4, 0.5) is 0 Å². The molecule has 1 aromatic rings. The first kappa shape index (κ1) is 60.3. The summed E-state index contributed by atoms with van der Waals surface area (Å²) in [6, 6.07) is -1.47. The van der Waals surface area contributed by atoms with E-state index in [-0.39, 0.29) is 44.7 Å². The van der Waals surface area contributed by atoms with Gasteiger partial charge in [0.2, 0.25) is 47.3 Å². The van der Waals surface area contributed by atoms with Crippen molar-refractivity contribution in [2.24, 2.45) is 23.3 Å². The first-order valence-electron chi connectivity index (χ1n) is 23.5. The van der Waals surface area contributed by atoms with E-state index in [0.717, 1.165) is 5.56 Å². The minimum atomic E-state index is -1.74. The number of hydrogen-bond acceptors (Lipinski definition) is 14. The summed E-state index contributed by atoms with van der Waals surface area (Å²) < 4.78 is 0. The molecule has 8 amide bonds. The van der Waals surface area contributed by atoms with Crippen molar-refractivity contribution in [2.75, 3.05) is 31.6 Å². The fraction of sp³-hybridized carbons (Fsp3) is 0.652. The lowest BCUT2D eigenvalue weighted by atomic mass is 9.99. The first-order valence-corrected chi connectivity index (χ1v) is 24.9. The average Bonchev–Trinajstić information content (AvgIpc) is 3.79. The number of nitrogens with one attached hydrogen (secondary N) is 7. The summed E-state index contributed by atoms with van der Waals surface area (Å²) in [5.74, 6) is -9.45. The van der Waals surface area contributed by atoms with E-state index in [2.05, 4.69) is 37.2 Å². The number of carbonyl (C=O) groups excluding carboxylic acids is 8. The number of carboxylic acids is 2. The Kier molecular flexibility index (Phi) is 26.4. The van der Waals surface area contributed by atoms with Crippen molar-refractivity contribution in [1.29, 1.82) is 0 Å². The molecule has 1 aliphatic heterocycles. The fourth-order valence-electron chi connectivity index (χ4n) is 7.55. The van der Waals surface area contributed by atoms with Crippen molar-refractivity contribution in [3.05, 3.63) is 35.9 Å². The summed E-state index contributed by atoms with van der Waals surface area (Å²) >= 11 is 1.51. The van der Waals surface area contributed by atoms with E-state index in [1.807, 2.05) is 6.26 Å². The molecule has 0 saturated carbocycles. The monoisotopic (exact) mass is 1010 g/mol. The number of nitrogens with two attached hydrogens (primary N) is 2. The highest BCUT2D eigenvalue weighted by Crippen LogP contribution is 2.21. The predicted octanol–water partition coefficient (Wildman–Crippen LogP) is -1.90. The standard InChI is InChI=1S/C46H74N10O13S/c1-25(2)21-31(42(64)55-37(26(3)4)46(68)69)51-41(63)30(15-10-11-18-47)50-44(66)38(27(5)57)54-35(58)24-49-40(62)32(23-36(59)60)52-43(65)34-16-12-19-56(34)45(67)33(22-28-13-8-7-9-14-28)53-39(61)29(48)17-20-70-6/h7-9,13-14,25-27,29-34,37-38,57H,10-12,15-24,47-48H2,1-6H3,(H,49,62)(H,50,66)(H,51,63)(H,52,65)(H,53,61)(H,54,58)(H,55,64)(H,59,60)(H,68,69)/t27-,29+,30+,31+,32+,33+,34+,37+,38+/m1/s1. The third-order valence-corrected chi connectivity index (χ3v) is 12.0. The van der Waals surface area contributed by atoms with Crippen LogP contribution in [0.5, 0.6) is 0 Å². The molecule has 2 rings (SSSR count). The van der Waals surface area contributed by atoms with Gasteiger partial charge in [-0.3, -0.25) is 43.2 Å². The number of benzene rings is 1. The molecular formula is C46H74N10O13S. The highest BCUT2D eigenvalue weighted by molar-refractivity contribution is 7.98. The van der Waals surface area contributed by atoms with Gasteiger partial charge in [-0.05, 0) is 87.8 Å². The molecule has 0 unspecified atom stereocenters. The van der Waals surface area contributed by atoms with Gasteiger partial charge in [0.05, 0.1) is 25.1 Å². The third-order valence-electron chi connectivity index (χ3n) is 11.4. The Morgan fingerprint density at radius 3 is 1.94 bits per heavy atom. The van der Waals surface area contributed by atoms with Gasteiger partial charge in [-0.15, -0.1) is 0 Å². The van der Waals surface area contributed by atoms with Crippen molar-refractivity contribution < 1.29 is 63.3 Å². The summed E-state index contributed by atoms with van der Waals surface area (Å²) in [4.78, 5) is 133. The van der Waals surface area contributed by atoms with Crippen LogP contribution in [-0.4, -0.2) is 165 Å². The molecule has 1 heterocycles. The molecule has 14 N–H and O–H groups in total. The molecule has 0 bridgehead atoms. The molecule has 1 saturated heterocycles. The highest BCUT2D eigenvalue weighted by Gasteiger charge is 2.40. The van der Waals surface area contributed by atoms with E-state index in [4.69, 9.17) is 11.5 Å². The van der Waals surface area contributed by atoms with Crippen molar-refractivity contribution in [3.63, 3.8) is 0 Å². The van der Waals surface area contributed by atoms with Gasteiger partial charge in [-0.2, -0.15) is 11.8 Å². The number of carbonyl (C=O) groups is 10. The van der Waals surface area contributed by atoms with E-state index < -0.39 is 133 Å². The lowest BCUT2D eigenvalue weighted by Crippen LogP contribution is -2.60. The number of aliphatic carboxylic acids is 2. The zero-order valence-corrected chi connectivity index (χ0v) is 41.7. The van der Waals surface area contributed by atoms with Crippen LogP contribution in [0.25, 0.3) is 0 Å². The molecule has 1 aromatic carbocycles. The van der Waals surface area contributed by atoms with Gasteiger partial charge in [0.25, 0.3) is 0 Å². The number of rotatable bonds is 31. The van der Waals surface area contributed by atoms with E-state index in [1.54, 1.807) is 58.0 Å². The van der Waals surface area contributed by atoms with Crippen LogP contribution in [0.15, 0.2) is 30.3 Å². The van der Waals surface area contributed by atoms with Gasteiger partial charge >= 0.3 is 11.9 Å². The minimum Gasteiger partial charge on any atom is -0.481 e. The summed E-state index contributed by atoms with van der Waals surface area (Å²) in [7, 11) is 0. The van der Waals surface area contributed by atoms with Crippen molar-refractivity contribution in [1.82, 2.24) is 42.1 Å². The molecule has 70 heavy (non-hydrogen) atoms. The largest absolute Gasteiger partial charge is 0.481 e. The van der Waals surface area contributed by atoms with Gasteiger partial charge in [0.15, 0.2) is 0 Å². The van der Waals surface area contributed by atoms with Crippen molar-refractivity contribution in [3.8, 4) is 0 Å². The van der Waals surface area contributed by atoms with Crippen LogP contribution in [0, 0.1) is 11.8 Å². The van der Waals surface area contributed by atoms with Crippen LogP contribution in [0.2, 0.25) is 0 Å². The maximum Gasteiger partial charge on any atom is 0.326 e. The predicted molar refractivity (Wildman–Crippen MR) is 259 cm³/mol.